The Morgan fingerprint density at radius 3 is 2.48 bits per heavy atom. The Balaban J connectivity index is 1.90. The first-order chi connectivity index (χ1) is 12.6. The van der Waals surface area contributed by atoms with E-state index in [0.717, 1.165) is 28.6 Å². The van der Waals surface area contributed by atoms with Crippen molar-refractivity contribution in [2.24, 2.45) is 0 Å². The molecular formula is C20H24N2O4S. The standard InChI is InChI=1S/C20H24N2O4S/c1-13-5-7-15(3)16(11-13)21-20(23)19-9-10-22(27(4,24)25)17-12-14(2)6-8-18(17)26-19/h5-8,11-12,19H,9-10H2,1-4H3,(H,21,23)/t19-/m1/s1. The van der Waals surface area contributed by atoms with E-state index in [-0.39, 0.29) is 18.9 Å². The van der Waals surface area contributed by atoms with Gasteiger partial charge in [0.1, 0.15) is 5.75 Å². The zero-order valence-electron chi connectivity index (χ0n) is 15.9. The molecule has 1 aliphatic heterocycles. The van der Waals surface area contributed by atoms with Crippen molar-refractivity contribution >= 4 is 27.3 Å². The molecule has 2 aromatic rings. The summed E-state index contributed by atoms with van der Waals surface area (Å²) in [4.78, 5) is 12.8. The molecule has 7 heteroatoms. The summed E-state index contributed by atoms with van der Waals surface area (Å²) in [5.74, 6) is 0.107. The molecule has 0 fully saturated rings. The maximum atomic E-state index is 12.8. The van der Waals surface area contributed by atoms with Crippen molar-refractivity contribution in [3.05, 3.63) is 53.1 Å². The predicted molar refractivity (Wildman–Crippen MR) is 107 cm³/mol. The number of nitrogens with one attached hydrogen (secondary N) is 1. The third-order valence-electron chi connectivity index (χ3n) is 4.59. The third kappa shape index (κ3) is 4.24. The van der Waals surface area contributed by atoms with Crippen molar-refractivity contribution < 1.29 is 17.9 Å². The van der Waals surface area contributed by atoms with Gasteiger partial charge in [0.2, 0.25) is 10.0 Å². The van der Waals surface area contributed by atoms with Crippen molar-refractivity contribution in [2.75, 3.05) is 22.4 Å². The van der Waals surface area contributed by atoms with Crippen molar-refractivity contribution in [3.63, 3.8) is 0 Å². The van der Waals surface area contributed by atoms with E-state index in [1.165, 1.54) is 4.31 Å². The maximum Gasteiger partial charge on any atom is 0.265 e. The zero-order chi connectivity index (χ0) is 19.8. The van der Waals surface area contributed by atoms with E-state index in [4.69, 9.17) is 4.74 Å². The lowest BCUT2D eigenvalue weighted by atomic mass is 10.1. The maximum absolute atomic E-state index is 12.8. The predicted octanol–water partition coefficient (Wildman–Crippen LogP) is 3.17. The van der Waals surface area contributed by atoms with Crippen LogP contribution < -0.4 is 14.4 Å². The van der Waals surface area contributed by atoms with Gasteiger partial charge in [-0.05, 0) is 55.7 Å². The number of hydrogen-bond donors (Lipinski definition) is 1. The Morgan fingerprint density at radius 2 is 1.78 bits per heavy atom. The molecule has 1 heterocycles. The molecule has 1 atom stereocenters. The Labute approximate surface area is 160 Å². The quantitative estimate of drug-likeness (QED) is 0.876. The number of nitrogens with zero attached hydrogens (tertiary/aromatic N) is 1. The minimum atomic E-state index is -3.48. The molecule has 0 bridgehead atoms. The summed E-state index contributed by atoms with van der Waals surface area (Å²) in [5, 5.41) is 2.91. The lowest BCUT2D eigenvalue weighted by Crippen LogP contribution is -2.36. The molecular weight excluding hydrogens is 364 g/mol. The molecule has 0 aromatic heterocycles. The molecule has 0 saturated heterocycles. The van der Waals surface area contributed by atoms with Gasteiger partial charge in [0.15, 0.2) is 6.10 Å². The molecule has 2 aromatic carbocycles. The number of carbonyl (C=O) groups excluding carboxylic acids is 1. The molecule has 0 unspecified atom stereocenters. The number of sulfonamides is 1. The molecule has 0 radical (unpaired) electrons. The minimum absolute atomic E-state index is 0.181. The highest BCUT2D eigenvalue weighted by molar-refractivity contribution is 7.92. The highest BCUT2D eigenvalue weighted by Gasteiger charge is 2.31. The van der Waals surface area contributed by atoms with Gasteiger partial charge in [-0.2, -0.15) is 0 Å². The van der Waals surface area contributed by atoms with E-state index in [1.807, 2.05) is 45.0 Å². The molecule has 3 rings (SSSR count). The average Bonchev–Trinajstić information content (AvgIpc) is 2.77. The third-order valence-corrected chi connectivity index (χ3v) is 5.77. The molecule has 1 amide bonds. The Bertz CT molecular complexity index is 985. The molecule has 1 N–H and O–H groups in total. The molecule has 144 valence electrons. The van der Waals surface area contributed by atoms with Crippen LogP contribution in [-0.2, 0) is 14.8 Å². The summed E-state index contributed by atoms with van der Waals surface area (Å²) in [5.41, 5.74) is 4.12. The van der Waals surface area contributed by atoms with Gasteiger partial charge in [-0.3, -0.25) is 9.10 Å². The van der Waals surface area contributed by atoms with Gasteiger partial charge in [0.05, 0.1) is 11.9 Å². The van der Waals surface area contributed by atoms with Crippen LogP contribution in [0.3, 0.4) is 0 Å². The fourth-order valence-electron chi connectivity index (χ4n) is 3.10. The summed E-state index contributed by atoms with van der Waals surface area (Å²) in [7, 11) is -3.48. The van der Waals surface area contributed by atoms with Gasteiger partial charge in [0, 0.05) is 18.7 Å². The lowest BCUT2D eigenvalue weighted by molar-refractivity contribution is -0.122. The van der Waals surface area contributed by atoms with Gasteiger partial charge in [-0.1, -0.05) is 18.2 Å². The van der Waals surface area contributed by atoms with E-state index in [2.05, 4.69) is 5.32 Å². The number of anilines is 2. The summed E-state index contributed by atoms with van der Waals surface area (Å²) < 4.78 is 31.7. The number of aryl methyl sites for hydroxylation is 3. The van der Waals surface area contributed by atoms with Gasteiger partial charge < -0.3 is 10.1 Å². The van der Waals surface area contributed by atoms with Gasteiger partial charge in [-0.25, -0.2) is 8.42 Å². The fraction of sp³-hybridized carbons (Fsp3) is 0.350. The monoisotopic (exact) mass is 388 g/mol. The van der Waals surface area contributed by atoms with Crippen molar-refractivity contribution in [1.29, 1.82) is 0 Å². The molecule has 1 aliphatic rings. The van der Waals surface area contributed by atoms with Gasteiger partial charge in [-0.15, -0.1) is 0 Å². The van der Waals surface area contributed by atoms with Crippen LogP contribution in [0.15, 0.2) is 36.4 Å². The van der Waals surface area contributed by atoms with Crippen molar-refractivity contribution in [1.82, 2.24) is 0 Å². The first-order valence-electron chi connectivity index (χ1n) is 8.78. The number of rotatable bonds is 3. The van der Waals surface area contributed by atoms with Crippen LogP contribution in [0.1, 0.15) is 23.1 Å². The van der Waals surface area contributed by atoms with Crippen LogP contribution in [0.2, 0.25) is 0 Å². The highest BCUT2D eigenvalue weighted by atomic mass is 32.2. The fourth-order valence-corrected chi connectivity index (χ4v) is 4.04. The van der Waals surface area contributed by atoms with Crippen LogP contribution in [0.25, 0.3) is 0 Å². The van der Waals surface area contributed by atoms with Crippen LogP contribution in [0.5, 0.6) is 5.75 Å². The summed E-state index contributed by atoms with van der Waals surface area (Å²) in [6, 6.07) is 11.2. The van der Waals surface area contributed by atoms with E-state index in [1.54, 1.807) is 12.1 Å². The second-order valence-electron chi connectivity index (χ2n) is 7.01. The number of hydrogen-bond acceptors (Lipinski definition) is 4. The Kier molecular flexibility index (Phi) is 5.15. The summed E-state index contributed by atoms with van der Waals surface area (Å²) in [6.07, 6.45) is 0.644. The highest BCUT2D eigenvalue weighted by Crippen LogP contribution is 2.35. The number of amides is 1. The Morgan fingerprint density at radius 1 is 1.11 bits per heavy atom. The van der Waals surface area contributed by atoms with Crippen LogP contribution >= 0.6 is 0 Å². The minimum Gasteiger partial charge on any atom is -0.478 e. The lowest BCUT2D eigenvalue weighted by Gasteiger charge is -2.21. The number of fused-ring (bicyclic) bond motifs is 1. The van der Waals surface area contributed by atoms with E-state index in [0.29, 0.717) is 11.4 Å². The smallest absolute Gasteiger partial charge is 0.265 e. The Hall–Kier alpha value is -2.54. The first-order valence-corrected chi connectivity index (χ1v) is 10.6. The van der Waals surface area contributed by atoms with Gasteiger partial charge >= 0.3 is 0 Å². The summed E-state index contributed by atoms with van der Waals surface area (Å²) >= 11 is 0. The topological polar surface area (TPSA) is 75.7 Å². The molecule has 6 nitrogen and oxygen atoms in total. The molecule has 0 spiro atoms. The number of ether oxygens (including phenoxy) is 1. The molecule has 0 saturated carbocycles. The van der Waals surface area contributed by atoms with Crippen molar-refractivity contribution in [2.45, 2.75) is 33.3 Å². The van der Waals surface area contributed by atoms with E-state index < -0.39 is 16.1 Å². The normalized spacial score (nSPS) is 16.9. The molecule has 0 aliphatic carbocycles. The van der Waals surface area contributed by atoms with Crippen LogP contribution in [0, 0.1) is 20.8 Å². The average molecular weight is 388 g/mol. The number of carbonyl (C=O) groups is 1. The first kappa shape index (κ1) is 19.2. The summed E-state index contributed by atoms with van der Waals surface area (Å²) in [6.45, 7) is 5.95. The van der Waals surface area contributed by atoms with Crippen LogP contribution in [0.4, 0.5) is 11.4 Å². The second-order valence-corrected chi connectivity index (χ2v) is 8.92. The largest absolute Gasteiger partial charge is 0.478 e. The second kappa shape index (κ2) is 7.23. The van der Waals surface area contributed by atoms with E-state index >= 15 is 0 Å². The van der Waals surface area contributed by atoms with Gasteiger partial charge in [0.25, 0.3) is 5.91 Å². The van der Waals surface area contributed by atoms with Crippen molar-refractivity contribution in [3.8, 4) is 5.75 Å². The zero-order valence-corrected chi connectivity index (χ0v) is 16.8. The SMILES string of the molecule is Cc1ccc(C)c(NC(=O)[C@H]2CCN(S(C)(=O)=O)c3cc(C)ccc3O2)c1. The van der Waals surface area contributed by atoms with E-state index in [9.17, 15) is 13.2 Å². The molecule has 27 heavy (non-hydrogen) atoms. The van der Waals surface area contributed by atoms with Crippen LogP contribution in [-0.4, -0.2) is 33.2 Å². The number of benzene rings is 2.